The summed E-state index contributed by atoms with van der Waals surface area (Å²) < 4.78 is 1.31. The van der Waals surface area contributed by atoms with Gasteiger partial charge >= 0.3 is 0 Å². The van der Waals surface area contributed by atoms with Crippen LogP contribution in [-0.2, 0) is 4.79 Å². The lowest BCUT2D eigenvalue weighted by Crippen LogP contribution is -2.38. The van der Waals surface area contributed by atoms with Gasteiger partial charge in [-0.2, -0.15) is 9.78 Å². The molecule has 0 saturated heterocycles. The van der Waals surface area contributed by atoms with Crippen molar-refractivity contribution >= 4 is 17.6 Å². The summed E-state index contributed by atoms with van der Waals surface area (Å²) in [5.74, 6) is -0.781. The summed E-state index contributed by atoms with van der Waals surface area (Å²) in [5.41, 5.74) is 2.57. The van der Waals surface area contributed by atoms with E-state index in [2.05, 4.69) is 10.4 Å². The van der Waals surface area contributed by atoms with Crippen LogP contribution in [0.1, 0.15) is 47.3 Å². The van der Waals surface area contributed by atoms with Crippen molar-refractivity contribution in [3.8, 4) is 0 Å². The molecule has 1 unspecified atom stereocenters. The zero-order valence-electron chi connectivity index (χ0n) is 12.3. The minimum absolute atomic E-state index is 0.200. The lowest BCUT2D eigenvalue weighted by Gasteiger charge is -2.22. The van der Waals surface area contributed by atoms with Crippen molar-refractivity contribution in [3.63, 3.8) is 0 Å². The van der Waals surface area contributed by atoms with E-state index < -0.39 is 5.92 Å². The van der Waals surface area contributed by atoms with E-state index in [1.165, 1.54) is 4.68 Å². The molecule has 5 nitrogen and oxygen atoms in total. The molecule has 0 aliphatic carbocycles. The van der Waals surface area contributed by atoms with Crippen LogP contribution in [-0.4, -0.2) is 21.6 Å². The zero-order chi connectivity index (χ0) is 15.1. The van der Waals surface area contributed by atoms with Gasteiger partial charge in [-0.05, 0) is 18.4 Å². The number of amides is 1. The smallest absolute Gasteiger partial charge is 0.265 e. The highest BCUT2D eigenvalue weighted by atomic mass is 16.2. The Morgan fingerprint density at radius 2 is 1.86 bits per heavy atom. The first-order chi connectivity index (χ1) is 9.97. The summed E-state index contributed by atoms with van der Waals surface area (Å²) in [5, 5.41) is 7.08. The highest BCUT2D eigenvalue weighted by Gasteiger charge is 2.36. The molecule has 1 N–H and O–H groups in total. The molecular formula is C16H17N3O2. The average molecular weight is 283 g/mol. The van der Waals surface area contributed by atoms with Crippen molar-refractivity contribution in [1.29, 1.82) is 0 Å². The molecule has 0 bridgehead atoms. The second-order valence-corrected chi connectivity index (χ2v) is 5.69. The monoisotopic (exact) mass is 283 g/mol. The number of hydrogen-bond acceptors (Lipinski definition) is 3. The van der Waals surface area contributed by atoms with E-state index in [-0.39, 0.29) is 17.7 Å². The maximum atomic E-state index is 12.6. The van der Waals surface area contributed by atoms with Gasteiger partial charge in [-0.1, -0.05) is 43.7 Å². The molecule has 3 rings (SSSR count). The first-order valence-corrected chi connectivity index (χ1v) is 6.99. The number of hydrogen-bond donors (Lipinski definition) is 1. The normalized spacial score (nSPS) is 17.8. The minimum atomic E-state index is -0.835. The topological polar surface area (TPSA) is 64.0 Å². The van der Waals surface area contributed by atoms with Crippen LogP contribution < -0.4 is 5.32 Å². The van der Waals surface area contributed by atoms with Gasteiger partial charge in [0, 0.05) is 6.07 Å². The van der Waals surface area contributed by atoms with Crippen LogP contribution in [0.5, 0.6) is 0 Å². The number of carbonyl (C=O) groups is 2. The third kappa shape index (κ3) is 2.24. The molecular weight excluding hydrogens is 266 g/mol. The second kappa shape index (κ2) is 4.84. The fourth-order valence-electron chi connectivity index (χ4n) is 2.42. The Kier molecular flexibility index (Phi) is 3.12. The number of aromatic nitrogens is 2. The minimum Gasteiger partial charge on any atom is -0.309 e. The molecule has 0 saturated carbocycles. The Bertz CT molecular complexity index is 714. The number of anilines is 1. The van der Waals surface area contributed by atoms with Gasteiger partial charge in [0.2, 0.25) is 5.91 Å². The maximum Gasteiger partial charge on any atom is 0.265 e. The van der Waals surface area contributed by atoms with Gasteiger partial charge in [0.15, 0.2) is 0 Å². The van der Waals surface area contributed by atoms with Crippen LogP contribution >= 0.6 is 0 Å². The fourth-order valence-corrected chi connectivity index (χ4v) is 2.42. The molecule has 1 amide bonds. The Labute approximate surface area is 123 Å². The molecule has 1 aliphatic rings. The number of nitrogens with zero attached hydrogens (tertiary/aromatic N) is 2. The number of fused-ring (bicyclic) bond motifs is 1. The lowest BCUT2D eigenvalue weighted by atomic mass is 9.95. The highest BCUT2D eigenvalue weighted by Crippen LogP contribution is 2.28. The van der Waals surface area contributed by atoms with Crippen molar-refractivity contribution in [2.75, 3.05) is 5.32 Å². The van der Waals surface area contributed by atoms with Crippen LogP contribution in [0.2, 0.25) is 0 Å². The van der Waals surface area contributed by atoms with E-state index in [9.17, 15) is 9.59 Å². The zero-order valence-corrected chi connectivity index (χ0v) is 12.3. The van der Waals surface area contributed by atoms with Crippen molar-refractivity contribution < 1.29 is 9.59 Å². The summed E-state index contributed by atoms with van der Waals surface area (Å²) in [6.07, 6.45) is 0. The Morgan fingerprint density at radius 3 is 2.48 bits per heavy atom. The predicted octanol–water partition coefficient (Wildman–Crippen LogP) is 2.69. The van der Waals surface area contributed by atoms with Crippen LogP contribution in [0.15, 0.2) is 30.3 Å². The number of nitrogens with one attached hydrogen (secondary N) is 1. The third-order valence-corrected chi connectivity index (χ3v) is 3.70. The van der Waals surface area contributed by atoms with Crippen LogP contribution in [0.3, 0.4) is 0 Å². The van der Waals surface area contributed by atoms with E-state index >= 15 is 0 Å². The van der Waals surface area contributed by atoms with Gasteiger partial charge in [-0.15, -0.1) is 0 Å². The van der Waals surface area contributed by atoms with Gasteiger partial charge < -0.3 is 5.32 Å². The summed E-state index contributed by atoms with van der Waals surface area (Å²) in [6, 6.07) is 9.18. The van der Waals surface area contributed by atoms with E-state index in [0.29, 0.717) is 11.4 Å². The maximum absolute atomic E-state index is 12.6. The van der Waals surface area contributed by atoms with Crippen LogP contribution in [0.25, 0.3) is 0 Å². The third-order valence-electron chi connectivity index (χ3n) is 3.70. The van der Waals surface area contributed by atoms with E-state index in [1.54, 1.807) is 6.07 Å². The molecule has 2 heterocycles. The second-order valence-electron chi connectivity index (χ2n) is 5.69. The molecule has 2 aromatic rings. The molecule has 1 aromatic carbocycles. The van der Waals surface area contributed by atoms with Gasteiger partial charge in [0.25, 0.3) is 5.91 Å². The van der Waals surface area contributed by atoms with Crippen LogP contribution in [0, 0.1) is 6.92 Å². The van der Waals surface area contributed by atoms with Gasteiger partial charge in [-0.3, -0.25) is 9.59 Å². The van der Waals surface area contributed by atoms with Crippen molar-refractivity contribution in [2.24, 2.45) is 0 Å². The van der Waals surface area contributed by atoms with Crippen molar-refractivity contribution in [2.45, 2.75) is 32.6 Å². The molecule has 0 spiro atoms. The standard InChI is InChI=1S/C16H17N3O2/c1-9(2)12-8-13-17-15(20)14(16(21)19(13)18-12)11-6-4-10(3)5-7-11/h4-9,14H,1-3H3,(H,17,20). The predicted molar refractivity (Wildman–Crippen MR) is 79.5 cm³/mol. The first-order valence-electron chi connectivity index (χ1n) is 6.99. The molecule has 5 heteroatoms. The van der Waals surface area contributed by atoms with Gasteiger partial charge in [0.1, 0.15) is 11.7 Å². The highest BCUT2D eigenvalue weighted by molar-refractivity contribution is 6.15. The Hall–Kier alpha value is -2.43. The largest absolute Gasteiger partial charge is 0.309 e. The molecule has 0 fully saturated rings. The summed E-state index contributed by atoms with van der Waals surface area (Å²) >= 11 is 0. The summed E-state index contributed by atoms with van der Waals surface area (Å²) in [4.78, 5) is 24.8. The summed E-state index contributed by atoms with van der Waals surface area (Å²) in [6.45, 7) is 5.96. The van der Waals surface area contributed by atoms with Gasteiger partial charge in [0.05, 0.1) is 5.69 Å². The number of benzene rings is 1. The van der Waals surface area contributed by atoms with E-state index in [0.717, 1.165) is 11.3 Å². The lowest BCUT2D eigenvalue weighted by molar-refractivity contribution is -0.117. The first kappa shape index (κ1) is 13.5. The molecule has 1 aliphatic heterocycles. The molecule has 1 atom stereocenters. The SMILES string of the molecule is Cc1ccc(C2C(=O)Nc3cc(C(C)C)nn3C2=O)cc1. The average Bonchev–Trinajstić information content (AvgIpc) is 2.85. The molecule has 0 radical (unpaired) electrons. The van der Waals surface area contributed by atoms with Crippen LogP contribution in [0.4, 0.5) is 5.82 Å². The number of aryl methyl sites for hydroxylation is 1. The quantitative estimate of drug-likeness (QED) is 0.862. The van der Waals surface area contributed by atoms with Gasteiger partial charge in [-0.25, -0.2) is 0 Å². The summed E-state index contributed by atoms with van der Waals surface area (Å²) in [7, 11) is 0. The fraction of sp³-hybridized carbons (Fsp3) is 0.312. The van der Waals surface area contributed by atoms with Crippen molar-refractivity contribution in [1.82, 2.24) is 9.78 Å². The molecule has 21 heavy (non-hydrogen) atoms. The Morgan fingerprint density at radius 1 is 1.19 bits per heavy atom. The molecule has 108 valence electrons. The van der Waals surface area contributed by atoms with E-state index in [1.807, 2.05) is 45.0 Å². The number of carbonyl (C=O) groups excluding carboxylic acids is 2. The Balaban J connectivity index is 2.02. The van der Waals surface area contributed by atoms with Crippen molar-refractivity contribution in [3.05, 3.63) is 47.2 Å². The number of rotatable bonds is 2. The molecule has 1 aromatic heterocycles. The van der Waals surface area contributed by atoms with E-state index in [4.69, 9.17) is 0 Å².